The molecule has 3 heterocycles. The molecule has 5 aromatic rings. The second kappa shape index (κ2) is 4.86. The van der Waals surface area contributed by atoms with Crippen LogP contribution < -0.4 is 10.6 Å². The third kappa shape index (κ3) is 1.92. The van der Waals surface area contributed by atoms with Crippen LogP contribution in [0.2, 0.25) is 0 Å². The summed E-state index contributed by atoms with van der Waals surface area (Å²) in [5, 5.41) is 6.74. The number of aromatic nitrogens is 4. The first-order valence-electron chi connectivity index (χ1n) is 8.35. The van der Waals surface area contributed by atoms with Crippen molar-refractivity contribution in [2.45, 2.75) is 0 Å². The van der Waals surface area contributed by atoms with Gasteiger partial charge in [-0.05, 0) is 36.4 Å². The average molecular weight is 336 g/mol. The van der Waals surface area contributed by atoms with Crippen LogP contribution in [0.5, 0.6) is 0 Å². The van der Waals surface area contributed by atoms with Crippen molar-refractivity contribution in [1.29, 1.82) is 0 Å². The Morgan fingerprint density at radius 3 is 1.27 bits per heavy atom. The van der Waals surface area contributed by atoms with E-state index in [9.17, 15) is 0 Å². The number of nitrogens with zero attached hydrogens (tertiary/aromatic N) is 4. The lowest BCUT2D eigenvalue weighted by Gasteiger charge is -2.22. The molecule has 0 atom stereocenters. The molecule has 6 rings (SSSR count). The minimum atomic E-state index is 0.712. The third-order valence-electron chi connectivity index (χ3n) is 4.55. The van der Waals surface area contributed by atoms with Crippen LogP contribution in [0.3, 0.4) is 0 Å². The molecule has 0 saturated carbocycles. The van der Waals surface area contributed by atoms with Crippen molar-refractivity contribution >= 4 is 56.1 Å². The third-order valence-corrected chi connectivity index (χ3v) is 4.55. The lowest BCUT2D eigenvalue weighted by molar-refractivity contribution is 1.25. The number of hydrogen-bond donors (Lipinski definition) is 2. The van der Waals surface area contributed by atoms with Crippen LogP contribution in [0.4, 0.5) is 23.0 Å². The largest absolute Gasteiger partial charge is 0.335 e. The molecular weight excluding hydrogens is 324 g/mol. The van der Waals surface area contributed by atoms with Crippen LogP contribution in [0, 0.1) is 0 Å². The standard InChI is InChI=1S/C20H12N6/c1-2-6-12-11(5-1)21-15-9-17-18(10-16(15)22-12)26-20-19(25-17)23-13-7-3-4-8-14(13)24-20/h1-10H,(H,23,25)(H,24,26). The minimum absolute atomic E-state index is 0.712. The summed E-state index contributed by atoms with van der Waals surface area (Å²) in [4.78, 5) is 18.8. The van der Waals surface area contributed by atoms with Gasteiger partial charge in [0.2, 0.25) is 0 Å². The van der Waals surface area contributed by atoms with Gasteiger partial charge in [-0.25, -0.2) is 19.9 Å². The molecule has 0 aliphatic carbocycles. The van der Waals surface area contributed by atoms with E-state index in [1.54, 1.807) is 0 Å². The SMILES string of the molecule is c1ccc2nc3c(nc2c1)Nc1cc2nc4ccccc4nc2cc1N3. The summed E-state index contributed by atoms with van der Waals surface area (Å²) in [6.07, 6.45) is 0. The zero-order valence-electron chi connectivity index (χ0n) is 13.6. The van der Waals surface area contributed by atoms with Gasteiger partial charge in [0.15, 0.2) is 11.6 Å². The van der Waals surface area contributed by atoms with Crippen molar-refractivity contribution in [3.05, 3.63) is 60.7 Å². The smallest absolute Gasteiger partial charge is 0.174 e. The first-order chi connectivity index (χ1) is 12.8. The first-order valence-corrected chi connectivity index (χ1v) is 8.35. The molecule has 0 unspecified atom stereocenters. The Morgan fingerprint density at radius 2 is 0.846 bits per heavy atom. The number of hydrogen-bond acceptors (Lipinski definition) is 6. The number of rotatable bonds is 0. The topological polar surface area (TPSA) is 75.6 Å². The Hall–Kier alpha value is -3.80. The molecular formula is C20H12N6. The van der Waals surface area contributed by atoms with Crippen LogP contribution in [0.1, 0.15) is 0 Å². The van der Waals surface area contributed by atoms with E-state index in [2.05, 4.69) is 20.6 Å². The number of benzene rings is 3. The maximum atomic E-state index is 4.73. The Morgan fingerprint density at radius 1 is 0.462 bits per heavy atom. The lowest BCUT2D eigenvalue weighted by Crippen LogP contribution is -2.10. The Balaban J connectivity index is 1.55. The van der Waals surface area contributed by atoms with Crippen LogP contribution in [0.25, 0.3) is 33.1 Å². The summed E-state index contributed by atoms with van der Waals surface area (Å²) in [5.41, 5.74) is 7.00. The molecule has 0 spiro atoms. The van der Waals surface area contributed by atoms with Gasteiger partial charge in [0, 0.05) is 0 Å². The Labute approximate surface area is 148 Å². The van der Waals surface area contributed by atoms with Crippen molar-refractivity contribution < 1.29 is 0 Å². The van der Waals surface area contributed by atoms with Gasteiger partial charge in [0.25, 0.3) is 0 Å². The van der Waals surface area contributed by atoms with E-state index < -0.39 is 0 Å². The predicted molar refractivity (Wildman–Crippen MR) is 103 cm³/mol. The zero-order valence-corrected chi connectivity index (χ0v) is 13.6. The molecule has 6 nitrogen and oxygen atoms in total. The van der Waals surface area contributed by atoms with Gasteiger partial charge in [-0.1, -0.05) is 24.3 Å². The van der Waals surface area contributed by atoms with Crippen LogP contribution in [-0.4, -0.2) is 19.9 Å². The van der Waals surface area contributed by atoms with Gasteiger partial charge < -0.3 is 10.6 Å². The Bertz CT molecular complexity index is 1240. The minimum Gasteiger partial charge on any atom is -0.335 e. The van der Waals surface area contributed by atoms with Gasteiger partial charge in [0.1, 0.15) is 0 Å². The fourth-order valence-corrected chi connectivity index (χ4v) is 3.31. The molecule has 122 valence electrons. The lowest BCUT2D eigenvalue weighted by atomic mass is 10.1. The summed E-state index contributed by atoms with van der Waals surface area (Å²) >= 11 is 0. The monoisotopic (exact) mass is 336 g/mol. The second-order valence-corrected chi connectivity index (χ2v) is 6.26. The van der Waals surface area contributed by atoms with Gasteiger partial charge >= 0.3 is 0 Å². The van der Waals surface area contributed by atoms with E-state index in [0.717, 1.165) is 44.5 Å². The molecule has 0 radical (unpaired) electrons. The number of fused-ring (bicyclic) bond motifs is 5. The van der Waals surface area contributed by atoms with Crippen LogP contribution in [0.15, 0.2) is 60.7 Å². The molecule has 0 fully saturated rings. The molecule has 0 bridgehead atoms. The van der Waals surface area contributed by atoms with Crippen molar-refractivity contribution in [2.75, 3.05) is 10.6 Å². The van der Waals surface area contributed by atoms with Gasteiger partial charge in [-0.3, -0.25) is 0 Å². The Kier molecular flexibility index (Phi) is 2.52. The highest BCUT2D eigenvalue weighted by Gasteiger charge is 2.19. The summed E-state index contributed by atoms with van der Waals surface area (Å²) in [6, 6.07) is 19.7. The molecule has 2 aromatic heterocycles. The van der Waals surface area contributed by atoms with Crippen LogP contribution >= 0.6 is 0 Å². The molecule has 1 aliphatic rings. The number of para-hydroxylation sites is 4. The van der Waals surface area contributed by atoms with Crippen molar-refractivity contribution in [2.24, 2.45) is 0 Å². The fraction of sp³-hybridized carbons (Fsp3) is 0. The van der Waals surface area contributed by atoms with E-state index in [1.807, 2.05) is 60.7 Å². The van der Waals surface area contributed by atoms with Crippen molar-refractivity contribution in [3.63, 3.8) is 0 Å². The molecule has 6 heteroatoms. The highest BCUT2D eigenvalue weighted by atomic mass is 15.2. The maximum Gasteiger partial charge on any atom is 0.174 e. The van der Waals surface area contributed by atoms with Gasteiger partial charge in [-0.15, -0.1) is 0 Å². The quantitative estimate of drug-likeness (QED) is 0.397. The van der Waals surface area contributed by atoms with Crippen LogP contribution in [-0.2, 0) is 0 Å². The van der Waals surface area contributed by atoms with Crippen molar-refractivity contribution in [1.82, 2.24) is 19.9 Å². The van der Waals surface area contributed by atoms with Crippen molar-refractivity contribution in [3.8, 4) is 0 Å². The summed E-state index contributed by atoms with van der Waals surface area (Å²) in [6.45, 7) is 0. The highest BCUT2D eigenvalue weighted by molar-refractivity contribution is 5.98. The number of anilines is 4. The van der Waals surface area contributed by atoms with E-state index in [0.29, 0.717) is 11.6 Å². The number of nitrogens with one attached hydrogen (secondary N) is 2. The second-order valence-electron chi connectivity index (χ2n) is 6.26. The molecule has 0 amide bonds. The molecule has 26 heavy (non-hydrogen) atoms. The maximum absolute atomic E-state index is 4.73. The average Bonchev–Trinajstić information content (AvgIpc) is 2.67. The van der Waals surface area contributed by atoms with E-state index in [1.165, 1.54) is 0 Å². The first kappa shape index (κ1) is 13.5. The highest BCUT2D eigenvalue weighted by Crippen LogP contribution is 2.38. The van der Waals surface area contributed by atoms with E-state index in [-0.39, 0.29) is 0 Å². The molecule has 0 saturated heterocycles. The summed E-state index contributed by atoms with van der Waals surface area (Å²) in [7, 11) is 0. The van der Waals surface area contributed by atoms with Gasteiger partial charge in [-0.2, -0.15) is 0 Å². The molecule has 2 N–H and O–H groups in total. The zero-order chi connectivity index (χ0) is 17.1. The molecule has 1 aliphatic heterocycles. The fourth-order valence-electron chi connectivity index (χ4n) is 3.31. The predicted octanol–water partition coefficient (Wildman–Crippen LogP) is 4.53. The summed E-state index contributed by atoms with van der Waals surface area (Å²) < 4.78 is 0. The normalized spacial score (nSPS) is 12.5. The van der Waals surface area contributed by atoms with E-state index in [4.69, 9.17) is 9.97 Å². The summed E-state index contributed by atoms with van der Waals surface area (Å²) in [5.74, 6) is 1.42. The van der Waals surface area contributed by atoms with E-state index >= 15 is 0 Å². The molecule has 3 aromatic carbocycles. The van der Waals surface area contributed by atoms with Gasteiger partial charge in [0.05, 0.1) is 44.5 Å².